The van der Waals surface area contributed by atoms with Gasteiger partial charge in [0, 0.05) is 6.54 Å². The van der Waals surface area contributed by atoms with Gasteiger partial charge < -0.3 is 5.11 Å². The first-order valence-corrected chi connectivity index (χ1v) is 3.96. The number of rotatable bonds is 1. The van der Waals surface area contributed by atoms with E-state index in [9.17, 15) is 4.79 Å². The maximum Gasteiger partial charge on any atom is 0.325 e. The number of carboxylic acid groups (broad SMARTS) is 1. The minimum absolute atomic E-state index is 0.562. The first-order valence-electron chi connectivity index (χ1n) is 3.96. The summed E-state index contributed by atoms with van der Waals surface area (Å²) >= 11 is 0. The van der Waals surface area contributed by atoms with Gasteiger partial charge in [-0.05, 0) is 25.2 Å². The Hall–Kier alpha value is -0.610. The third-order valence-corrected chi connectivity index (χ3v) is 2.74. The summed E-state index contributed by atoms with van der Waals surface area (Å²) in [5.74, 6) is -0.153. The number of nitrogens with one attached hydrogen (secondary N) is 2. The van der Waals surface area contributed by atoms with Gasteiger partial charge in [-0.2, -0.15) is 0 Å². The van der Waals surface area contributed by atoms with Gasteiger partial charge >= 0.3 is 5.97 Å². The maximum atomic E-state index is 10.8. The van der Waals surface area contributed by atoms with Gasteiger partial charge in [0.25, 0.3) is 0 Å². The van der Waals surface area contributed by atoms with E-state index in [1.807, 2.05) is 0 Å². The Labute approximate surface area is 64.9 Å². The molecule has 4 nitrogen and oxygen atoms in total. The number of hydrogen-bond acceptors (Lipinski definition) is 3. The van der Waals surface area contributed by atoms with Crippen LogP contribution in [0.1, 0.15) is 19.3 Å². The molecular weight excluding hydrogens is 144 g/mol. The van der Waals surface area contributed by atoms with E-state index in [2.05, 4.69) is 10.9 Å². The Balaban J connectivity index is 2.19. The van der Waals surface area contributed by atoms with E-state index in [-0.39, 0.29) is 0 Å². The van der Waals surface area contributed by atoms with E-state index in [0.29, 0.717) is 5.92 Å². The van der Waals surface area contributed by atoms with Crippen molar-refractivity contribution in [1.29, 1.82) is 0 Å². The summed E-state index contributed by atoms with van der Waals surface area (Å²) in [6, 6.07) is 0. The average Bonchev–Trinajstić information content (AvgIpc) is 2.29. The van der Waals surface area contributed by atoms with Gasteiger partial charge in [0.05, 0.1) is 0 Å². The van der Waals surface area contributed by atoms with Gasteiger partial charge in [-0.3, -0.25) is 10.2 Å². The quantitative estimate of drug-likeness (QED) is 0.488. The molecule has 1 saturated carbocycles. The van der Waals surface area contributed by atoms with Crippen LogP contribution in [0, 0.1) is 5.92 Å². The summed E-state index contributed by atoms with van der Waals surface area (Å²) < 4.78 is 0. The van der Waals surface area contributed by atoms with Crippen LogP contribution in [0.15, 0.2) is 0 Å². The number of hydrazine groups is 1. The van der Waals surface area contributed by atoms with E-state index in [1.54, 1.807) is 0 Å². The standard InChI is InChI=1S/C7H12N2O2/c10-6(11)7-2-1-5(3-7)4-8-9-7/h5,8-9H,1-4H2,(H,10,11). The minimum Gasteiger partial charge on any atom is -0.480 e. The fourth-order valence-electron chi connectivity index (χ4n) is 2.05. The second-order valence-electron chi connectivity index (χ2n) is 3.50. The lowest BCUT2D eigenvalue weighted by Gasteiger charge is -2.30. The molecule has 2 unspecified atom stereocenters. The van der Waals surface area contributed by atoms with Gasteiger partial charge in [0.1, 0.15) is 5.54 Å². The molecule has 0 spiro atoms. The van der Waals surface area contributed by atoms with E-state index < -0.39 is 11.5 Å². The summed E-state index contributed by atoms with van der Waals surface area (Å²) in [7, 11) is 0. The summed E-state index contributed by atoms with van der Waals surface area (Å²) in [5.41, 5.74) is 5.16. The number of carbonyl (C=O) groups is 1. The largest absolute Gasteiger partial charge is 0.480 e. The van der Waals surface area contributed by atoms with Crippen LogP contribution >= 0.6 is 0 Å². The Kier molecular flexibility index (Phi) is 1.40. The highest BCUT2D eigenvalue weighted by Gasteiger charge is 2.47. The zero-order valence-corrected chi connectivity index (χ0v) is 6.26. The van der Waals surface area contributed by atoms with Gasteiger partial charge in [-0.25, -0.2) is 5.43 Å². The highest BCUT2D eigenvalue weighted by Crippen LogP contribution is 2.36. The van der Waals surface area contributed by atoms with Crippen molar-refractivity contribution in [1.82, 2.24) is 10.9 Å². The van der Waals surface area contributed by atoms with Crippen molar-refractivity contribution in [3.63, 3.8) is 0 Å². The first-order chi connectivity index (χ1) is 5.23. The second kappa shape index (κ2) is 2.19. The summed E-state index contributed by atoms with van der Waals surface area (Å²) in [4.78, 5) is 10.8. The lowest BCUT2D eigenvalue weighted by Crippen LogP contribution is -2.59. The molecule has 1 saturated heterocycles. The zero-order valence-electron chi connectivity index (χ0n) is 6.26. The Bertz CT molecular complexity index is 191. The van der Waals surface area contributed by atoms with Crippen molar-refractivity contribution >= 4 is 5.97 Å². The summed E-state index contributed by atoms with van der Waals surface area (Å²) in [5, 5.41) is 8.91. The van der Waals surface area contributed by atoms with E-state index in [0.717, 1.165) is 25.8 Å². The molecule has 2 bridgehead atoms. The molecule has 11 heavy (non-hydrogen) atoms. The molecule has 1 aliphatic heterocycles. The van der Waals surface area contributed by atoms with Crippen molar-refractivity contribution < 1.29 is 9.90 Å². The summed E-state index contributed by atoms with van der Waals surface area (Å²) in [6.45, 7) is 0.912. The lowest BCUT2D eigenvalue weighted by atomic mass is 9.95. The van der Waals surface area contributed by atoms with E-state index >= 15 is 0 Å². The van der Waals surface area contributed by atoms with Gasteiger partial charge in [-0.1, -0.05) is 0 Å². The molecule has 0 aromatic rings. The van der Waals surface area contributed by atoms with Gasteiger partial charge in [0.2, 0.25) is 0 Å². The lowest BCUT2D eigenvalue weighted by molar-refractivity contribution is -0.145. The van der Waals surface area contributed by atoms with Crippen LogP contribution in [0.4, 0.5) is 0 Å². The molecule has 0 amide bonds. The predicted molar refractivity (Wildman–Crippen MR) is 38.8 cm³/mol. The first kappa shape index (κ1) is 7.06. The number of aliphatic carboxylic acids is 1. The molecule has 1 heterocycles. The molecule has 62 valence electrons. The van der Waals surface area contributed by atoms with E-state index in [1.165, 1.54) is 0 Å². The third-order valence-electron chi connectivity index (χ3n) is 2.74. The van der Waals surface area contributed by atoms with Crippen LogP contribution in [0.3, 0.4) is 0 Å². The smallest absolute Gasteiger partial charge is 0.325 e. The topological polar surface area (TPSA) is 61.4 Å². The molecule has 2 rings (SSSR count). The molecule has 0 radical (unpaired) electrons. The number of hydrogen-bond donors (Lipinski definition) is 3. The van der Waals surface area contributed by atoms with E-state index in [4.69, 9.17) is 5.11 Å². The molecule has 2 atom stereocenters. The predicted octanol–water partition coefficient (Wildman–Crippen LogP) is -0.282. The van der Waals surface area contributed by atoms with Crippen molar-refractivity contribution in [2.45, 2.75) is 24.8 Å². The number of fused-ring (bicyclic) bond motifs is 2. The molecule has 2 fully saturated rings. The Morgan fingerprint density at radius 3 is 3.09 bits per heavy atom. The Morgan fingerprint density at radius 2 is 2.45 bits per heavy atom. The molecule has 3 N–H and O–H groups in total. The molecular formula is C7H12N2O2. The van der Waals surface area contributed by atoms with Crippen LogP contribution < -0.4 is 10.9 Å². The van der Waals surface area contributed by atoms with Crippen LogP contribution in [0.2, 0.25) is 0 Å². The van der Waals surface area contributed by atoms with Gasteiger partial charge in [-0.15, -0.1) is 0 Å². The number of carboxylic acids is 1. The highest BCUT2D eigenvalue weighted by molar-refractivity contribution is 5.79. The molecule has 0 aromatic carbocycles. The van der Waals surface area contributed by atoms with Crippen molar-refractivity contribution in [3.8, 4) is 0 Å². The van der Waals surface area contributed by atoms with Crippen LogP contribution in [-0.2, 0) is 4.79 Å². The highest BCUT2D eigenvalue weighted by atomic mass is 16.4. The maximum absolute atomic E-state index is 10.8. The Morgan fingerprint density at radius 1 is 1.64 bits per heavy atom. The monoisotopic (exact) mass is 156 g/mol. The normalized spacial score (nSPS) is 42.4. The molecule has 1 aliphatic carbocycles. The van der Waals surface area contributed by atoms with Crippen LogP contribution in [-0.4, -0.2) is 23.2 Å². The van der Waals surface area contributed by atoms with Gasteiger partial charge in [0.15, 0.2) is 0 Å². The second-order valence-corrected chi connectivity index (χ2v) is 3.50. The summed E-state index contributed by atoms with van der Waals surface area (Å²) in [6.07, 6.45) is 2.58. The van der Waals surface area contributed by atoms with Crippen molar-refractivity contribution in [2.24, 2.45) is 5.92 Å². The van der Waals surface area contributed by atoms with Crippen molar-refractivity contribution in [3.05, 3.63) is 0 Å². The fourth-order valence-corrected chi connectivity index (χ4v) is 2.05. The zero-order chi connectivity index (χ0) is 7.90. The van der Waals surface area contributed by atoms with Crippen LogP contribution in [0.5, 0.6) is 0 Å². The molecule has 2 aliphatic rings. The van der Waals surface area contributed by atoms with Crippen molar-refractivity contribution in [2.75, 3.05) is 6.54 Å². The fraction of sp³-hybridized carbons (Fsp3) is 0.857. The average molecular weight is 156 g/mol. The minimum atomic E-state index is -0.716. The third kappa shape index (κ3) is 0.937. The molecule has 0 aromatic heterocycles. The molecule has 4 heteroatoms. The SMILES string of the molecule is O=C(O)C12CCC(CNN1)C2. The van der Waals surface area contributed by atoms with Crippen LogP contribution in [0.25, 0.3) is 0 Å².